The predicted octanol–water partition coefficient (Wildman–Crippen LogP) is 3.39. The number of carboxylic acids is 1. The number of hydrogen-bond acceptors (Lipinski definition) is 1. The molecule has 0 aliphatic heterocycles. The first-order chi connectivity index (χ1) is 9.93. The first kappa shape index (κ1) is 17.7. The summed E-state index contributed by atoms with van der Waals surface area (Å²) in [6.07, 6.45) is -10.7. The molecule has 0 aromatic heterocycles. The van der Waals surface area contributed by atoms with E-state index < -0.39 is 52.7 Å². The second-order valence-corrected chi connectivity index (χ2v) is 4.15. The van der Waals surface area contributed by atoms with E-state index in [9.17, 15) is 31.1 Å². The zero-order valence-electron chi connectivity index (χ0n) is 10.9. The van der Waals surface area contributed by atoms with Crippen LogP contribution >= 0.6 is 0 Å². The molecular weight excluding hydrogens is 318 g/mol. The van der Waals surface area contributed by atoms with Crippen molar-refractivity contribution in [2.45, 2.75) is 25.7 Å². The maximum Gasteiger partial charge on any atom is 0.419 e. The molecule has 1 N–H and O–H groups in total. The lowest BCUT2D eigenvalue weighted by Gasteiger charge is -2.17. The highest BCUT2D eigenvalue weighted by Crippen LogP contribution is 2.39. The number of benzene rings is 1. The molecule has 0 atom stereocenters. The molecule has 1 aromatic carbocycles. The van der Waals surface area contributed by atoms with Crippen molar-refractivity contribution < 1.29 is 41.0 Å². The highest BCUT2D eigenvalue weighted by atomic mass is 19.4. The largest absolute Gasteiger partial charge is 0.472 e. The molecule has 0 aliphatic rings. The second kappa shape index (κ2) is 5.80. The minimum atomic E-state index is -5.12. The first-order valence-corrected chi connectivity index (χ1v) is 5.70. The average molecular weight is 326 g/mol. The van der Waals surface area contributed by atoms with Crippen molar-refractivity contribution in [3.8, 4) is 0 Å². The Labute approximate surface area is 119 Å². The number of carboxylic acid groups (broad SMARTS) is 1. The van der Waals surface area contributed by atoms with Crippen LogP contribution in [0.25, 0.3) is 5.53 Å². The lowest BCUT2D eigenvalue weighted by molar-refractivity contribution is -0.143. The van der Waals surface area contributed by atoms with E-state index in [0.717, 1.165) is 0 Å². The summed E-state index contributed by atoms with van der Waals surface area (Å²) in [7, 11) is 0. The predicted molar refractivity (Wildman–Crippen MR) is 61.2 cm³/mol. The third kappa shape index (κ3) is 3.45. The van der Waals surface area contributed by atoms with E-state index in [1.165, 1.54) is 6.92 Å². The molecule has 0 spiro atoms. The zero-order valence-corrected chi connectivity index (χ0v) is 10.9. The van der Waals surface area contributed by atoms with Gasteiger partial charge < -0.3 is 10.6 Å². The summed E-state index contributed by atoms with van der Waals surface area (Å²) in [5.41, 5.74) is 2.37. The Hall–Kier alpha value is -2.35. The highest BCUT2D eigenvalue weighted by Gasteiger charge is 2.41. The number of hydrogen-bond donors (Lipinski definition) is 1. The van der Waals surface area contributed by atoms with Crippen LogP contribution in [-0.2, 0) is 23.6 Å². The van der Waals surface area contributed by atoms with E-state index in [2.05, 4.69) is 4.79 Å². The lowest BCUT2D eigenvalue weighted by atomic mass is 9.92. The van der Waals surface area contributed by atoms with Crippen LogP contribution in [0.15, 0.2) is 12.1 Å². The van der Waals surface area contributed by atoms with Gasteiger partial charge in [-0.3, -0.25) is 0 Å². The van der Waals surface area contributed by atoms with Crippen molar-refractivity contribution in [1.29, 1.82) is 0 Å². The second-order valence-electron chi connectivity index (χ2n) is 4.15. The van der Waals surface area contributed by atoms with Crippen LogP contribution in [-0.4, -0.2) is 21.6 Å². The standard InChI is InChI=1S/C12H8F6N2O2/c1-2-6-7(9(20-19)10(21)22)3-5(11(13,14)15)4-8(6)12(16,17)18/h3-4H,2H2,1H3,(H,21,22). The van der Waals surface area contributed by atoms with Crippen LogP contribution in [0, 0.1) is 0 Å². The Morgan fingerprint density at radius 1 is 1.18 bits per heavy atom. The smallest absolute Gasteiger partial charge is 0.419 e. The van der Waals surface area contributed by atoms with Gasteiger partial charge in [-0.15, -0.1) is 0 Å². The van der Waals surface area contributed by atoms with Crippen molar-refractivity contribution >= 4 is 11.7 Å². The molecule has 4 nitrogen and oxygen atoms in total. The van der Waals surface area contributed by atoms with Crippen LogP contribution in [0.1, 0.15) is 29.2 Å². The Morgan fingerprint density at radius 2 is 1.73 bits per heavy atom. The minimum absolute atomic E-state index is 0.0980. The summed E-state index contributed by atoms with van der Waals surface area (Å²) in [6.45, 7) is 1.21. The number of nitrogens with zero attached hydrogens (tertiary/aromatic N) is 2. The van der Waals surface area contributed by atoms with E-state index in [1.54, 1.807) is 0 Å². The maximum absolute atomic E-state index is 12.9. The van der Waals surface area contributed by atoms with Gasteiger partial charge in [0.2, 0.25) is 0 Å². The molecule has 0 fully saturated rings. The van der Waals surface area contributed by atoms with Gasteiger partial charge in [0.1, 0.15) is 0 Å². The summed E-state index contributed by atoms with van der Waals surface area (Å²) in [4.78, 5) is 13.2. The van der Waals surface area contributed by atoms with Crippen molar-refractivity contribution in [1.82, 2.24) is 0 Å². The molecule has 0 aliphatic carbocycles. The lowest BCUT2D eigenvalue weighted by Crippen LogP contribution is -2.22. The molecule has 0 saturated carbocycles. The van der Waals surface area contributed by atoms with Gasteiger partial charge in [-0.1, -0.05) is 6.92 Å². The van der Waals surface area contributed by atoms with E-state index in [-0.39, 0.29) is 12.1 Å². The van der Waals surface area contributed by atoms with Crippen LogP contribution in [0.4, 0.5) is 26.3 Å². The fourth-order valence-electron chi connectivity index (χ4n) is 1.89. The summed E-state index contributed by atoms with van der Waals surface area (Å²) in [6, 6.07) is 0.121. The van der Waals surface area contributed by atoms with Crippen molar-refractivity contribution in [3.63, 3.8) is 0 Å². The van der Waals surface area contributed by atoms with E-state index in [4.69, 9.17) is 10.6 Å². The van der Waals surface area contributed by atoms with Gasteiger partial charge in [0.05, 0.1) is 16.7 Å². The van der Waals surface area contributed by atoms with Gasteiger partial charge in [-0.05, 0) is 24.1 Å². The molecule has 0 radical (unpaired) electrons. The summed E-state index contributed by atoms with van der Waals surface area (Å²) in [5.74, 6) is -1.95. The Balaban J connectivity index is 3.89. The summed E-state index contributed by atoms with van der Waals surface area (Å²) < 4.78 is 77.0. The summed E-state index contributed by atoms with van der Waals surface area (Å²) in [5, 5.41) is 8.78. The Morgan fingerprint density at radius 3 is 2.05 bits per heavy atom. The van der Waals surface area contributed by atoms with Crippen LogP contribution in [0.3, 0.4) is 0 Å². The monoisotopic (exact) mass is 326 g/mol. The molecule has 1 aromatic rings. The number of carbonyl (C=O) groups is 1. The van der Waals surface area contributed by atoms with Crippen molar-refractivity contribution in [2.24, 2.45) is 0 Å². The van der Waals surface area contributed by atoms with Crippen LogP contribution in [0.5, 0.6) is 0 Å². The fourth-order valence-corrected chi connectivity index (χ4v) is 1.89. The van der Waals surface area contributed by atoms with Crippen LogP contribution in [0.2, 0.25) is 0 Å². The zero-order chi connectivity index (χ0) is 17.3. The molecule has 10 heteroatoms. The van der Waals surface area contributed by atoms with Crippen molar-refractivity contribution in [2.75, 3.05) is 0 Å². The fraction of sp³-hybridized carbons (Fsp3) is 0.333. The molecule has 120 valence electrons. The highest BCUT2D eigenvalue weighted by molar-refractivity contribution is 6.40. The first-order valence-electron chi connectivity index (χ1n) is 5.70. The molecule has 0 unspecified atom stereocenters. The third-order valence-electron chi connectivity index (χ3n) is 2.79. The Bertz CT molecular complexity index is 657. The van der Waals surface area contributed by atoms with E-state index >= 15 is 0 Å². The van der Waals surface area contributed by atoms with Crippen LogP contribution < -0.4 is 0 Å². The van der Waals surface area contributed by atoms with Crippen molar-refractivity contribution in [3.05, 3.63) is 39.9 Å². The molecule has 0 heterocycles. The maximum atomic E-state index is 12.9. The van der Waals surface area contributed by atoms with Gasteiger partial charge in [0, 0.05) is 0 Å². The average Bonchev–Trinajstić information content (AvgIpc) is 2.35. The van der Waals surface area contributed by atoms with Gasteiger partial charge in [-0.2, -0.15) is 31.1 Å². The third-order valence-corrected chi connectivity index (χ3v) is 2.79. The number of alkyl halides is 6. The number of rotatable bonds is 3. The Kier molecular flexibility index (Phi) is 4.67. The molecule has 0 amide bonds. The molecule has 22 heavy (non-hydrogen) atoms. The van der Waals surface area contributed by atoms with E-state index in [1.807, 2.05) is 0 Å². The SMILES string of the molecule is CCc1c(C(=[N+]=[N-])C(=O)O)cc(C(F)(F)F)cc1C(F)(F)F. The van der Waals surface area contributed by atoms with Gasteiger partial charge in [-0.25, -0.2) is 4.79 Å². The molecule has 0 saturated heterocycles. The molecular formula is C12H8F6N2O2. The minimum Gasteiger partial charge on any atom is -0.472 e. The topological polar surface area (TPSA) is 73.7 Å². The van der Waals surface area contributed by atoms with Gasteiger partial charge in [0.25, 0.3) is 0 Å². The summed E-state index contributed by atoms with van der Waals surface area (Å²) >= 11 is 0. The number of halogens is 6. The molecule has 0 bridgehead atoms. The normalized spacial score (nSPS) is 12.0. The van der Waals surface area contributed by atoms with Gasteiger partial charge in [0.15, 0.2) is 0 Å². The van der Waals surface area contributed by atoms with E-state index in [0.29, 0.717) is 0 Å². The molecule has 1 rings (SSSR count). The van der Waals surface area contributed by atoms with Gasteiger partial charge >= 0.3 is 24.0 Å². The number of aliphatic carboxylic acids is 1. The quantitative estimate of drug-likeness (QED) is 0.400.